The van der Waals surface area contributed by atoms with Crippen molar-refractivity contribution in [2.75, 3.05) is 20.1 Å². The molecule has 0 saturated heterocycles. The summed E-state index contributed by atoms with van der Waals surface area (Å²) in [6, 6.07) is 7.56. The molecule has 104 valence electrons. The average molecular weight is 374 g/mol. The van der Waals surface area contributed by atoms with Gasteiger partial charge in [0.15, 0.2) is 5.96 Å². The third-order valence-corrected chi connectivity index (χ3v) is 2.77. The lowest BCUT2D eigenvalue weighted by Crippen LogP contribution is -2.40. The minimum Gasteiger partial charge on any atom is -0.356 e. The van der Waals surface area contributed by atoms with Crippen LogP contribution in [0.25, 0.3) is 0 Å². The van der Waals surface area contributed by atoms with Crippen LogP contribution in [0, 0.1) is 0 Å². The SMILES string of the molecule is CNC(=O)c1cccc(CNC2=NCCCN2)c1.I. The molecule has 3 N–H and O–H groups in total. The number of carbonyl (C=O) groups excluding carboxylic acids is 1. The summed E-state index contributed by atoms with van der Waals surface area (Å²) in [5.74, 6) is 0.775. The van der Waals surface area contributed by atoms with Crippen molar-refractivity contribution in [2.24, 2.45) is 4.99 Å². The minimum absolute atomic E-state index is 0. The zero-order chi connectivity index (χ0) is 12.8. The van der Waals surface area contributed by atoms with Gasteiger partial charge in [0.25, 0.3) is 5.91 Å². The summed E-state index contributed by atoms with van der Waals surface area (Å²) < 4.78 is 0. The molecule has 6 heteroatoms. The Morgan fingerprint density at radius 1 is 1.47 bits per heavy atom. The zero-order valence-electron chi connectivity index (χ0n) is 10.9. The van der Waals surface area contributed by atoms with Gasteiger partial charge in [-0.1, -0.05) is 12.1 Å². The fourth-order valence-corrected chi connectivity index (χ4v) is 1.80. The largest absolute Gasteiger partial charge is 0.356 e. The Labute approximate surface area is 130 Å². The van der Waals surface area contributed by atoms with Crippen molar-refractivity contribution in [3.05, 3.63) is 35.4 Å². The maximum Gasteiger partial charge on any atom is 0.251 e. The van der Waals surface area contributed by atoms with Gasteiger partial charge >= 0.3 is 0 Å². The number of nitrogens with one attached hydrogen (secondary N) is 3. The number of nitrogens with zero attached hydrogens (tertiary/aromatic N) is 1. The second kappa shape index (κ2) is 7.98. The van der Waals surface area contributed by atoms with Crippen LogP contribution >= 0.6 is 24.0 Å². The Kier molecular flexibility index (Phi) is 6.61. The Morgan fingerprint density at radius 2 is 2.32 bits per heavy atom. The van der Waals surface area contributed by atoms with E-state index >= 15 is 0 Å². The van der Waals surface area contributed by atoms with Gasteiger partial charge in [-0.2, -0.15) is 0 Å². The number of hydrogen-bond acceptors (Lipinski definition) is 4. The van der Waals surface area contributed by atoms with Gasteiger partial charge in [-0.15, -0.1) is 24.0 Å². The quantitative estimate of drug-likeness (QED) is 0.695. The highest BCUT2D eigenvalue weighted by atomic mass is 127. The predicted octanol–water partition coefficient (Wildman–Crippen LogP) is 1.10. The summed E-state index contributed by atoms with van der Waals surface area (Å²) in [7, 11) is 1.63. The summed E-state index contributed by atoms with van der Waals surface area (Å²) in [6.45, 7) is 2.49. The maximum absolute atomic E-state index is 11.5. The summed E-state index contributed by atoms with van der Waals surface area (Å²) in [6.07, 6.45) is 1.08. The number of carbonyl (C=O) groups is 1. The van der Waals surface area contributed by atoms with Crippen LogP contribution < -0.4 is 16.0 Å². The maximum atomic E-state index is 11.5. The first-order valence-electron chi connectivity index (χ1n) is 6.13. The van der Waals surface area contributed by atoms with E-state index in [1.807, 2.05) is 18.2 Å². The molecule has 0 atom stereocenters. The molecule has 0 bridgehead atoms. The van der Waals surface area contributed by atoms with Crippen LogP contribution in [-0.2, 0) is 6.54 Å². The summed E-state index contributed by atoms with van der Waals surface area (Å²) in [5.41, 5.74) is 1.74. The number of guanidine groups is 1. The van der Waals surface area contributed by atoms with Gasteiger partial charge in [0.05, 0.1) is 0 Å². The van der Waals surface area contributed by atoms with E-state index in [9.17, 15) is 4.79 Å². The molecule has 1 aromatic carbocycles. The number of hydrogen-bond donors (Lipinski definition) is 3. The number of rotatable bonds is 3. The van der Waals surface area contributed by atoms with Gasteiger partial charge in [-0.3, -0.25) is 9.79 Å². The van der Waals surface area contributed by atoms with Crippen molar-refractivity contribution in [2.45, 2.75) is 13.0 Å². The molecule has 0 spiro atoms. The molecule has 1 aromatic rings. The van der Waals surface area contributed by atoms with Crippen molar-refractivity contribution in [3.63, 3.8) is 0 Å². The molecule has 0 saturated carbocycles. The first-order valence-corrected chi connectivity index (χ1v) is 6.13. The van der Waals surface area contributed by atoms with Crippen LogP contribution in [0.1, 0.15) is 22.3 Å². The number of halogens is 1. The van der Waals surface area contributed by atoms with Crippen LogP contribution in [0.5, 0.6) is 0 Å². The van der Waals surface area contributed by atoms with E-state index in [4.69, 9.17) is 0 Å². The molecule has 1 heterocycles. The van der Waals surface area contributed by atoms with Crippen LogP contribution in [-0.4, -0.2) is 32.0 Å². The number of amides is 1. The summed E-state index contributed by atoms with van der Waals surface area (Å²) in [4.78, 5) is 15.8. The van der Waals surface area contributed by atoms with Gasteiger partial charge in [-0.05, 0) is 24.1 Å². The van der Waals surface area contributed by atoms with Crippen molar-refractivity contribution in [1.82, 2.24) is 16.0 Å². The zero-order valence-corrected chi connectivity index (χ0v) is 13.2. The van der Waals surface area contributed by atoms with Crippen molar-refractivity contribution < 1.29 is 4.79 Å². The fourth-order valence-electron chi connectivity index (χ4n) is 1.80. The summed E-state index contributed by atoms with van der Waals surface area (Å²) in [5, 5.41) is 9.05. The molecule has 1 aliphatic rings. The van der Waals surface area contributed by atoms with E-state index in [2.05, 4.69) is 20.9 Å². The minimum atomic E-state index is -0.0648. The highest BCUT2D eigenvalue weighted by molar-refractivity contribution is 14.0. The molecule has 19 heavy (non-hydrogen) atoms. The van der Waals surface area contributed by atoms with Gasteiger partial charge in [0, 0.05) is 32.2 Å². The molecular formula is C13H19IN4O. The third kappa shape index (κ3) is 4.70. The van der Waals surface area contributed by atoms with E-state index in [1.54, 1.807) is 13.1 Å². The number of benzene rings is 1. The Balaban J connectivity index is 0.00000180. The smallest absolute Gasteiger partial charge is 0.251 e. The molecule has 2 rings (SSSR count). The first-order chi connectivity index (χ1) is 8.79. The average Bonchev–Trinajstić information content (AvgIpc) is 2.45. The van der Waals surface area contributed by atoms with E-state index in [0.717, 1.165) is 31.0 Å². The molecule has 0 radical (unpaired) electrons. The van der Waals surface area contributed by atoms with E-state index in [-0.39, 0.29) is 29.9 Å². The van der Waals surface area contributed by atoms with Crippen LogP contribution in [0.3, 0.4) is 0 Å². The van der Waals surface area contributed by atoms with Crippen molar-refractivity contribution >= 4 is 35.8 Å². The highest BCUT2D eigenvalue weighted by Gasteiger charge is 2.05. The lowest BCUT2D eigenvalue weighted by molar-refractivity contribution is 0.0963. The lowest BCUT2D eigenvalue weighted by atomic mass is 10.1. The summed E-state index contributed by atoms with van der Waals surface area (Å²) >= 11 is 0. The highest BCUT2D eigenvalue weighted by Crippen LogP contribution is 2.05. The first kappa shape index (κ1) is 15.7. The predicted molar refractivity (Wildman–Crippen MR) is 87.0 cm³/mol. The van der Waals surface area contributed by atoms with Crippen LogP contribution in [0.4, 0.5) is 0 Å². The number of aliphatic imine (C=N–C) groups is 1. The van der Waals surface area contributed by atoms with Crippen molar-refractivity contribution in [3.8, 4) is 0 Å². The molecule has 0 aromatic heterocycles. The topological polar surface area (TPSA) is 65.5 Å². The molecule has 0 fully saturated rings. The molecule has 5 nitrogen and oxygen atoms in total. The lowest BCUT2D eigenvalue weighted by Gasteiger charge is -2.16. The van der Waals surface area contributed by atoms with Gasteiger partial charge in [0.2, 0.25) is 0 Å². The molecule has 1 amide bonds. The van der Waals surface area contributed by atoms with E-state index in [0.29, 0.717) is 12.1 Å². The molecule has 0 aliphatic carbocycles. The van der Waals surface area contributed by atoms with Gasteiger partial charge in [-0.25, -0.2) is 0 Å². The Bertz CT molecular complexity index is 462. The Morgan fingerprint density at radius 3 is 3.00 bits per heavy atom. The Hall–Kier alpha value is -1.31. The normalized spacial score (nSPS) is 13.6. The van der Waals surface area contributed by atoms with E-state index < -0.39 is 0 Å². The van der Waals surface area contributed by atoms with Crippen LogP contribution in [0.15, 0.2) is 29.3 Å². The molecular weight excluding hydrogens is 355 g/mol. The second-order valence-corrected chi connectivity index (χ2v) is 4.14. The monoisotopic (exact) mass is 374 g/mol. The van der Waals surface area contributed by atoms with Crippen molar-refractivity contribution in [1.29, 1.82) is 0 Å². The fraction of sp³-hybridized carbons (Fsp3) is 0.385. The van der Waals surface area contributed by atoms with E-state index in [1.165, 1.54) is 0 Å². The van der Waals surface area contributed by atoms with Crippen LogP contribution in [0.2, 0.25) is 0 Å². The molecule has 1 aliphatic heterocycles. The molecule has 0 unspecified atom stereocenters. The van der Waals surface area contributed by atoms with Gasteiger partial charge in [0.1, 0.15) is 0 Å². The third-order valence-electron chi connectivity index (χ3n) is 2.77. The second-order valence-electron chi connectivity index (χ2n) is 4.14. The van der Waals surface area contributed by atoms with Gasteiger partial charge < -0.3 is 16.0 Å². The standard InChI is InChI=1S/C13H18N4O.HI/c1-14-12(18)11-5-2-4-10(8-11)9-17-13-15-6-3-7-16-13;/h2,4-5,8H,3,6-7,9H2,1H3,(H,14,18)(H2,15,16,17);1H.